The van der Waals surface area contributed by atoms with E-state index in [1.165, 1.54) is 0 Å². The lowest BCUT2D eigenvalue weighted by Gasteiger charge is -2.03. The van der Waals surface area contributed by atoms with Crippen LogP contribution in [0.2, 0.25) is 5.02 Å². The van der Waals surface area contributed by atoms with E-state index >= 15 is 0 Å². The molecule has 1 heterocycles. The largest absolute Gasteiger partial charge is 0.394 e. The van der Waals surface area contributed by atoms with E-state index in [1.807, 2.05) is 18.2 Å². The summed E-state index contributed by atoms with van der Waals surface area (Å²) < 4.78 is 12.7. The first-order valence-electron chi connectivity index (χ1n) is 6.25. The summed E-state index contributed by atoms with van der Waals surface area (Å²) in [6.07, 6.45) is 0. The van der Waals surface area contributed by atoms with Crippen molar-refractivity contribution in [3.63, 3.8) is 0 Å². The molecule has 0 spiro atoms. The number of hydrogen-bond donors (Lipinski definition) is 1. The maximum absolute atomic E-state index is 8.53. The monoisotopic (exact) mass is 333 g/mol. The normalized spacial score (nSPS) is 11.3. The third-order valence-corrected chi connectivity index (χ3v) is 4.77. The lowest BCUT2D eigenvalue weighted by molar-refractivity contribution is 0.0377. The Bertz CT molecular complexity index is 535. The summed E-state index contributed by atoms with van der Waals surface area (Å²) in [5.74, 6) is 0.855. The van der Waals surface area contributed by atoms with E-state index in [9.17, 15) is 0 Å². The molecule has 0 radical (unpaired) electrons. The second-order valence-corrected chi connectivity index (χ2v) is 6.70. The summed E-state index contributed by atoms with van der Waals surface area (Å²) >= 11 is 9.28. The molecule has 7 heteroatoms. The number of aromatic nitrogens is 1. The maximum atomic E-state index is 8.53. The number of aliphatic hydroxyl groups is 1. The molecule has 0 bridgehead atoms. The minimum Gasteiger partial charge on any atom is -0.394 e. The molecule has 20 heavy (non-hydrogen) atoms. The zero-order valence-electron chi connectivity index (χ0n) is 10.9. The number of ether oxygens (including phenoxy) is 2. The SMILES string of the molecule is OCCOCCOCCSc1nc2cc(Cl)ccc2s1. The molecule has 2 aromatic rings. The van der Waals surface area contributed by atoms with Crippen molar-refractivity contribution >= 4 is 44.9 Å². The van der Waals surface area contributed by atoms with Crippen molar-refractivity contribution in [2.45, 2.75) is 4.34 Å². The first-order chi connectivity index (χ1) is 9.79. The van der Waals surface area contributed by atoms with E-state index in [0.717, 1.165) is 20.3 Å². The third kappa shape index (κ3) is 5.20. The lowest BCUT2D eigenvalue weighted by atomic mass is 10.3. The Morgan fingerprint density at radius 3 is 2.80 bits per heavy atom. The van der Waals surface area contributed by atoms with Gasteiger partial charge in [-0.05, 0) is 18.2 Å². The minimum atomic E-state index is 0.0531. The fourth-order valence-corrected chi connectivity index (χ4v) is 3.65. The molecule has 0 aliphatic heterocycles. The zero-order valence-corrected chi connectivity index (χ0v) is 13.3. The number of thiazole rings is 1. The molecule has 1 aromatic heterocycles. The fraction of sp³-hybridized carbons (Fsp3) is 0.462. The van der Waals surface area contributed by atoms with E-state index in [0.29, 0.717) is 31.5 Å². The summed E-state index contributed by atoms with van der Waals surface area (Å²) in [4.78, 5) is 4.52. The van der Waals surface area contributed by atoms with Crippen molar-refractivity contribution in [1.82, 2.24) is 4.98 Å². The van der Waals surface area contributed by atoms with E-state index in [-0.39, 0.29) is 6.61 Å². The van der Waals surface area contributed by atoms with Crippen molar-refractivity contribution in [1.29, 1.82) is 0 Å². The first kappa shape index (κ1) is 16.0. The van der Waals surface area contributed by atoms with Crippen molar-refractivity contribution < 1.29 is 14.6 Å². The Morgan fingerprint density at radius 1 is 1.20 bits per heavy atom. The standard InChI is InChI=1S/C13H16ClNO3S2/c14-10-1-2-12-11(9-10)15-13(20-12)19-8-7-18-6-5-17-4-3-16/h1-2,9,16H,3-8H2. The number of rotatable bonds is 9. The summed E-state index contributed by atoms with van der Waals surface area (Å²) in [7, 11) is 0. The Kier molecular flexibility index (Phi) is 7.06. The molecule has 0 aliphatic rings. The second-order valence-electron chi connectivity index (χ2n) is 3.89. The van der Waals surface area contributed by atoms with E-state index in [2.05, 4.69) is 4.98 Å². The number of benzene rings is 1. The van der Waals surface area contributed by atoms with Gasteiger partial charge in [0.15, 0.2) is 4.34 Å². The van der Waals surface area contributed by atoms with Gasteiger partial charge >= 0.3 is 0 Å². The molecule has 0 saturated heterocycles. The van der Waals surface area contributed by atoms with Gasteiger partial charge in [-0.1, -0.05) is 23.4 Å². The van der Waals surface area contributed by atoms with E-state index in [1.54, 1.807) is 23.1 Å². The predicted molar refractivity (Wildman–Crippen MR) is 84.1 cm³/mol. The summed E-state index contributed by atoms with van der Waals surface area (Å²) in [5, 5.41) is 9.24. The molecule has 0 amide bonds. The van der Waals surface area contributed by atoms with Crippen LogP contribution in [-0.2, 0) is 9.47 Å². The van der Waals surface area contributed by atoms with Crippen molar-refractivity contribution in [3.8, 4) is 0 Å². The highest BCUT2D eigenvalue weighted by Gasteiger charge is 2.04. The first-order valence-corrected chi connectivity index (χ1v) is 8.43. The van der Waals surface area contributed by atoms with Crippen molar-refractivity contribution in [2.24, 2.45) is 0 Å². The summed E-state index contributed by atoms with van der Waals surface area (Å²) in [6.45, 7) is 2.15. The molecular weight excluding hydrogens is 318 g/mol. The predicted octanol–water partition coefficient (Wildman–Crippen LogP) is 3.07. The number of aliphatic hydroxyl groups excluding tert-OH is 1. The molecule has 0 atom stereocenters. The Balaban J connectivity index is 1.65. The number of halogens is 1. The number of thioether (sulfide) groups is 1. The summed E-state index contributed by atoms with van der Waals surface area (Å²) in [5.41, 5.74) is 0.948. The number of hydrogen-bond acceptors (Lipinski definition) is 6. The smallest absolute Gasteiger partial charge is 0.151 e. The van der Waals surface area contributed by atoms with Crippen molar-refractivity contribution in [3.05, 3.63) is 23.2 Å². The van der Waals surface area contributed by atoms with Crippen LogP contribution in [0.3, 0.4) is 0 Å². The second kappa shape index (κ2) is 8.81. The quantitative estimate of drug-likeness (QED) is 0.564. The number of nitrogens with zero attached hydrogens (tertiary/aromatic N) is 1. The van der Waals surface area contributed by atoms with Crippen LogP contribution >= 0.6 is 34.7 Å². The molecule has 1 aromatic carbocycles. The van der Waals surface area contributed by atoms with E-state index < -0.39 is 0 Å². The van der Waals surface area contributed by atoms with Gasteiger partial charge in [-0.2, -0.15) is 0 Å². The van der Waals surface area contributed by atoms with Crippen LogP contribution in [0.1, 0.15) is 0 Å². The average Bonchev–Trinajstić information content (AvgIpc) is 2.83. The molecular formula is C13H16ClNO3S2. The third-order valence-electron chi connectivity index (χ3n) is 2.39. The van der Waals surface area contributed by atoms with Crippen LogP contribution < -0.4 is 0 Å². The van der Waals surface area contributed by atoms with Gasteiger partial charge in [0, 0.05) is 10.8 Å². The molecule has 0 saturated carbocycles. The van der Waals surface area contributed by atoms with Gasteiger partial charge < -0.3 is 14.6 Å². The van der Waals surface area contributed by atoms with E-state index in [4.69, 9.17) is 26.2 Å². The van der Waals surface area contributed by atoms with Crippen LogP contribution in [-0.4, -0.2) is 48.9 Å². The molecule has 0 fully saturated rings. The molecule has 1 N–H and O–H groups in total. The molecule has 4 nitrogen and oxygen atoms in total. The van der Waals surface area contributed by atoms with Crippen LogP contribution in [0.25, 0.3) is 10.2 Å². The van der Waals surface area contributed by atoms with Gasteiger partial charge in [0.1, 0.15) is 0 Å². The highest BCUT2D eigenvalue weighted by Crippen LogP contribution is 2.30. The van der Waals surface area contributed by atoms with Gasteiger partial charge in [-0.15, -0.1) is 11.3 Å². The zero-order chi connectivity index (χ0) is 14.2. The van der Waals surface area contributed by atoms with Crippen molar-refractivity contribution in [2.75, 3.05) is 38.8 Å². The molecule has 110 valence electrons. The topological polar surface area (TPSA) is 51.6 Å². The van der Waals surface area contributed by atoms with Gasteiger partial charge in [-0.3, -0.25) is 0 Å². The fourth-order valence-electron chi connectivity index (χ4n) is 1.52. The lowest BCUT2D eigenvalue weighted by Crippen LogP contribution is -2.08. The van der Waals surface area contributed by atoms with Crippen LogP contribution in [0, 0.1) is 0 Å². The molecule has 2 rings (SSSR count). The molecule has 0 unspecified atom stereocenters. The van der Waals surface area contributed by atoms with Crippen LogP contribution in [0.4, 0.5) is 0 Å². The maximum Gasteiger partial charge on any atom is 0.151 e. The summed E-state index contributed by atoms with van der Waals surface area (Å²) in [6, 6.07) is 5.76. The highest BCUT2D eigenvalue weighted by atomic mass is 35.5. The van der Waals surface area contributed by atoms with Gasteiger partial charge in [-0.25, -0.2) is 4.98 Å². The Labute approximate surface area is 131 Å². The Morgan fingerprint density at radius 2 is 2.00 bits per heavy atom. The van der Waals surface area contributed by atoms with Crippen LogP contribution in [0.5, 0.6) is 0 Å². The molecule has 0 aliphatic carbocycles. The number of fused-ring (bicyclic) bond motifs is 1. The van der Waals surface area contributed by atoms with Gasteiger partial charge in [0.05, 0.1) is 43.3 Å². The van der Waals surface area contributed by atoms with Crippen LogP contribution in [0.15, 0.2) is 22.5 Å². The Hall–Kier alpha value is -0.370. The average molecular weight is 334 g/mol. The van der Waals surface area contributed by atoms with Gasteiger partial charge in [0.25, 0.3) is 0 Å². The minimum absolute atomic E-state index is 0.0531. The van der Waals surface area contributed by atoms with Gasteiger partial charge in [0.2, 0.25) is 0 Å². The highest BCUT2D eigenvalue weighted by molar-refractivity contribution is 8.01.